The molecule has 2 aromatic carbocycles. The van der Waals surface area contributed by atoms with E-state index in [0.717, 1.165) is 6.42 Å². The van der Waals surface area contributed by atoms with E-state index in [4.69, 9.17) is 5.73 Å². The molecule has 1 atom stereocenters. The van der Waals surface area contributed by atoms with Gasteiger partial charge < -0.3 is 5.73 Å². The highest BCUT2D eigenvalue weighted by atomic mass is 14.6. The predicted octanol–water partition coefficient (Wildman–Crippen LogP) is 3.89. The van der Waals surface area contributed by atoms with Crippen molar-refractivity contribution in [3.63, 3.8) is 0 Å². The summed E-state index contributed by atoms with van der Waals surface area (Å²) in [5.74, 6) is 0.633. The van der Waals surface area contributed by atoms with Crippen LogP contribution in [0.25, 0.3) is 10.8 Å². The van der Waals surface area contributed by atoms with Gasteiger partial charge in [-0.25, -0.2) is 0 Å². The average molecular weight is 213 g/mol. The van der Waals surface area contributed by atoms with Crippen molar-refractivity contribution < 1.29 is 0 Å². The summed E-state index contributed by atoms with van der Waals surface area (Å²) in [6.07, 6.45) is 1.04. The van der Waals surface area contributed by atoms with Gasteiger partial charge in [-0.3, -0.25) is 0 Å². The van der Waals surface area contributed by atoms with Crippen LogP contribution in [0, 0.1) is 5.92 Å². The van der Waals surface area contributed by atoms with E-state index in [0.29, 0.717) is 5.92 Å². The van der Waals surface area contributed by atoms with Crippen molar-refractivity contribution in [3.8, 4) is 0 Å². The molecular weight excluding hydrogens is 194 g/mol. The Balaban J connectivity index is 2.44. The molecule has 2 rings (SSSR count). The molecule has 0 aromatic heterocycles. The molecule has 0 aliphatic heterocycles. The van der Waals surface area contributed by atoms with Crippen LogP contribution in [0.3, 0.4) is 0 Å². The van der Waals surface area contributed by atoms with Gasteiger partial charge in [0.05, 0.1) is 0 Å². The molecule has 0 aliphatic rings. The maximum absolute atomic E-state index is 6.26. The average Bonchev–Trinajstić information content (AvgIpc) is 2.27. The van der Waals surface area contributed by atoms with E-state index < -0.39 is 0 Å². The highest BCUT2D eigenvalue weighted by molar-refractivity contribution is 5.86. The van der Waals surface area contributed by atoms with Crippen LogP contribution in [0.5, 0.6) is 0 Å². The van der Waals surface area contributed by atoms with Crippen LogP contribution in [-0.2, 0) is 0 Å². The number of nitrogens with two attached hydrogens (primary N) is 1. The van der Waals surface area contributed by atoms with Crippen molar-refractivity contribution >= 4 is 10.8 Å². The fourth-order valence-corrected chi connectivity index (χ4v) is 2.21. The summed E-state index contributed by atoms with van der Waals surface area (Å²) in [5, 5.41) is 2.57. The van der Waals surface area contributed by atoms with Crippen LogP contribution >= 0.6 is 0 Å². The first-order valence-corrected chi connectivity index (χ1v) is 5.91. The van der Waals surface area contributed by atoms with E-state index in [9.17, 15) is 0 Å². The van der Waals surface area contributed by atoms with Crippen molar-refractivity contribution in [2.45, 2.75) is 26.3 Å². The molecule has 2 aromatic rings. The smallest absolute Gasteiger partial charge is 0.0303 e. The fourth-order valence-electron chi connectivity index (χ4n) is 2.21. The topological polar surface area (TPSA) is 26.0 Å². The van der Waals surface area contributed by atoms with Crippen LogP contribution < -0.4 is 5.73 Å². The monoisotopic (exact) mass is 213 g/mol. The normalized spacial score (nSPS) is 13.2. The Hall–Kier alpha value is -1.34. The number of hydrogen-bond donors (Lipinski definition) is 1. The van der Waals surface area contributed by atoms with Crippen molar-refractivity contribution in [3.05, 3.63) is 48.0 Å². The Labute approximate surface area is 97.3 Å². The molecule has 0 saturated carbocycles. The van der Waals surface area contributed by atoms with E-state index in [2.05, 4.69) is 56.3 Å². The third-order valence-corrected chi connectivity index (χ3v) is 2.95. The molecule has 0 aliphatic carbocycles. The summed E-state index contributed by atoms with van der Waals surface area (Å²) in [6, 6.07) is 15.0. The van der Waals surface area contributed by atoms with E-state index in [1.807, 2.05) is 0 Å². The molecule has 1 heteroatoms. The summed E-state index contributed by atoms with van der Waals surface area (Å²) in [5.41, 5.74) is 7.53. The molecule has 2 N–H and O–H groups in total. The Bertz CT molecular complexity index is 468. The predicted molar refractivity (Wildman–Crippen MR) is 70.3 cm³/mol. The van der Waals surface area contributed by atoms with Gasteiger partial charge in [-0.15, -0.1) is 0 Å². The second kappa shape index (κ2) is 4.67. The van der Waals surface area contributed by atoms with Gasteiger partial charge in [0.25, 0.3) is 0 Å². The number of rotatable bonds is 3. The van der Waals surface area contributed by atoms with E-state index >= 15 is 0 Å². The Kier molecular flexibility index (Phi) is 3.25. The van der Waals surface area contributed by atoms with Crippen LogP contribution in [0.2, 0.25) is 0 Å². The molecule has 16 heavy (non-hydrogen) atoms. The molecule has 0 radical (unpaired) electrons. The minimum absolute atomic E-state index is 0.145. The molecule has 84 valence electrons. The lowest BCUT2D eigenvalue weighted by Crippen LogP contribution is -2.13. The highest BCUT2D eigenvalue weighted by Crippen LogP contribution is 2.26. The Morgan fingerprint density at radius 3 is 2.44 bits per heavy atom. The molecule has 0 bridgehead atoms. The summed E-state index contributed by atoms with van der Waals surface area (Å²) < 4.78 is 0. The van der Waals surface area contributed by atoms with Gasteiger partial charge in [0.15, 0.2) is 0 Å². The molecule has 1 nitrogen and oxygen atoms in total. The van der Waals surface area contributed by atoms with Gasteiger partial charge >= 0.3 is 0 Å². The van der Waals surface area contributed by atoms with E-state index in [1.54, 1.807) is 0 Å². The minimum Gasteiger partial charge on any atom is -0.324 e. The van der Waals surface area contributed by atoms with Gasteiger partial charge in [0.2, 0.25) is 0 Å². The second-order valence-corrected chi connectivity index (χ2v) is 4.80. The van der Waals surface area contributed by atoms with Crippen LogP contribution in [-0.4, -0.2) is 0 Å². The molecule has 0 saturated heterocycles. The van der Waals surface area contributed by atoms with Gasteiger partial charge in [0, 0.05) is 6.04 Å². The summed E-state index contributed by atoms with van der Waals surface area (Å²) in [6.45, 7) is 4.43. The number of hydrogen-bond acceptors (Lipinski definition) is 1. The van der Waals surface area contributed by atoms with Gasteiger partial charge in [-0.05, 0) is 28.7 Å². The molecule has 0 heterocycles. The van der Waals surface area contributed by atoms with Crippen molar-refractivity contribution in [1.29, 1.82) is 0 Å². The third-order valence-electron chi connectivity index (χ3n) is 2.95. The molecule has 0 spiro atoms. The van der Waals surface area contributed by atoms with Gasteiger partial charge in [-0.2, -0.15) is 0 Å². The highest BCUT2D eigenvalue weighted by Gasteiger charge is 2.10. The largest absolute Gasteiger partial charge is 0.324 e. The van der Waals surface area contributed by atoms with E-state index in [-0.39, 0.29) is 6.04 Å². The maximum atomic E-state index is 6.26. The van der Waals surface area contributed by atoms with Crippen LogP contribution in [0.15, 0.2) is 42.5 Å². The van der Waals surface area contributed by atoms with Gasteiger partial charge in [-0.1, -0.05) is 56.3 Å². The summed E-state index contributed by atoms with van der Waals surface area (Å²) in [4.78, 5) is 0. The van der Waals surface area contributed by atoms with Crippen molar-refractivity contribution in [2.75, 3.05) is 0 Å². The molecule has 0 fully saturated rings. The Morgan fingerprint density at radius 1 is 1.00 bits per heavy atom. The molecule has 0 unspecified atom stereocenters. The fraction of sp³-hybridized carbons (Fsp3) is 0.333. The maximum Gasteiger partial charge on any atom is 0.0303 e. The quantitative estimate of drug-likeness (QED) is 0.822. The molecule has 0 amide bonds. The third kappa shape index (κ3) is 2.25. The first-order chi connectivity index (χ1) is 7.68. The number of fused-ring (bicyclic) bond motifs is 1. The van der Waals surface area contributed by atoms with Crippen LogP contribution in [0.1, 0.15) is 31.9 Å². The zero-order valence-corrected chi connectivity index (χ0v) is 9.98. The minimum atomic E-state index is 0.145. The zero-order chi connectivity index (χ0) is 11.5. The second-order valence-electron chi connectivity index (χ2n) is 4.80. The Morgan fingerprint density at radius 2 is 1.69 bits per heavy atom. The zero-order valence-electron chi connectivity index (χ0n) is 9.98. The summed E-state index contributed by atoms with van der Waals surface area (Å²) >= 11 is 0. The van der Waals surface area contributed by atoms with Gasteiger partial charge in [0.1, 0.15) is 0 Å². The van der Waals surface area contributed by atoms with Crippen LogP contribution in [0.4, 0.5) is 0 Å². The molecular formula is C15H19N. The SMILES string of the molecule is CC(C)C[C@@H](N)c1cccc2ccccc12. The standard InChI is InChI=1S/C15H19N/c1-11(2)10-15(16)14-9-5-7-12-6-3-4-8-13(12)14/h3-9,11,15H,10,16H2,1-2H3/t15-/m1/s1. The lowest BCUT2D eigenvalue weighted by Gasteiger charge is -2.16. The lowest BCUT2D eigenvalue weighted by atomic mass is 9.93. The first-order valence-electron chi connectivity index (χ1n) is 5.91. The summed E-state index contributed by atoms with van der Waals surface area (Å²) in [7, 11) is 0. The lowest BCUT2D eigenvalue weighted by molar-refractivity contribution is 0.512. The van der Waals surface area contributed by atoms with E-state index in [1.165, 1.54) is 16.3 Å². The van der Waals surface area contributed by atoms with Crippen molar-refractivity contribution in [2.24, 2.45) is 11.7 Å². The number of benzene rings is 2. The first kappa shape index (κ1) is 11.2. The van der Waals surface area contributed by atoms with Crippen molar-refractivity contribution in [1.82, 2.24) is 0 Å².